The molecule has 0 fully saturated rings. The van der Waals surface area contributed by atoms with Gasteiger partial charge in [0.05, 0.1) is 6.26 Å². The van der Waals surface area contributed by atoms with Crippen molar-refractivity contribution in [1.82, 2.24) is 5.32 Å². The number of benzene rings is 1. The number of nitrogens with one attached hydrogen (secondary N) is 3. The Balaban J connectivity index is 2.61. The number of carbonyl (C=O) groups is 1. The second-order valence-corrected chi connectivity index (χ2v) is 6.88. The molecule has 0 aliphatic heterocycles. The van der Waals surface area contributed by atoms with Gasteiger partial charge in [0.2, 0.25) is 15.9 Å². The molecule has 118 valence electrons. The van der Waals surface area contributed by atoms with E-state index in [0.29, 0.717) is 5.69 Å². The van der Waals surface area contributed by atoms with Crippen molar-refractivity contribution in [3.8, 4) is 0 Å². The molecule has 1 amide bonds. The van der Waals surface area contributed by atoms with Gasteiger partial charge in [0.1, 0.15) is 6.04 Å². The maximum atomic E-state index is 11.9. The van der Waals surface area contributed by atoms with Gasteiger partial charge in [-0.15, -0.1) is 0 Å². The fourth-order valence-electron chi connectivity index (χ4n) is 1.63. The summed E-state index contributed by atoms with van der Waals surface area (Å²) >= 11 is 0. The van der Waals surface area contributed by atoms with E-state index in [1.165, 1.54) is 0 Å². The molecular formula is C14H23N3O3S. The maximum absolute atomic E-state index is 11.9. The fraction of sp³-hybridized carbons (Fsp3) is 0.500. The molecule has 0 saturated carbocycles. The van der Waals surface area contributed by atoms with Gasteiger partial charge in [-0.3, -0.25) is 9.52 Å². The van der Waals surface area contributed by atoms with Crippen molar-refractivity contribution in [2.24, 2.45) is 0 Å². The van der Waals surface area contributed by atoms with Gasteiger partial charge in [-0.2, -0.15) is 0 Å². The largest absolute Gasteiger partial charge is 0.374 e. The first-order valence-electron chi connectivity index (χ1n) is 6.86. The van der Waals surface area contributed by atoms with Crippen LogP contribution in [0.2, 0.25) is 0 Å². The van der Waals surface area contributed by atoms with Crippen molar-refractivity contribution < 1.29 is 13.2 Å². The summed E-state index contributed by atoms with van der Waals surface area (Å²) in [5.41, 5.74) is 1.24. The van der Waals surface area contributed by atoms with Crippen molar-refractivity contribution >= 4 is 27.3 Å². The molecule has 0 aliphatic carbocycles. The Morgan fingerprint density at radius 2 is 1.67 bits per heavy atom. The highest BCUT2D eigenvalue weighted by Crippen LogP contribution is 2.15. The predicted octanol–water partition coefficient (Wildman–Crippen LogP) is 1.77. The van der Waals surface area contributed by atoms with E-state index < -0.39 is 10.0 Å². The van der Waals surface area contributed by atoms with Crippen molar-refractivity contribution in [1.29, 1.82) is 0 Å². The van der Waals surface area contributed by atoms with Crippen LogP contribution in [-0.2, 0) is 14.8 Å². The van der Waals surface area contributed by atoms with Crippen molar-refractivity contribution in [2.45, 2.75) is 39.3 Å². The summed E-state index contributed by atoms with van der Waals surface area (Å²) in [5, 5.41) is 5.97. The minimum atomic E-state index is -3.28. The first-order valence-corrected chi connectivity index (χ1v) is 8.75. The van der Waals surface area contributed by atoms with Crippen LogP contribution >= 0.6 is 0 Å². The summed E-state index contributed by atoms with van der Waals surface area (Å²) in [6, 6.07) is 6.50. The van der Waals surface area contributed by atoms with Gasteiger partial charge >= 0.3 is 0 Å². The maximum Gasteiger partial charge on any atom is 0.242 e. The van der Waals surface area contributed by atoms with Gasteiger partial charge in [0.25, 0.3) is 0 Å². The summed E-state index contributed by atoms with van der Waals surface area (Å²) in [7, 11) is -3.28. The first kappa shape index (κ1) is 17.3. The zero-order chi connectivity index (χ0) is 16.0. The normalized spacial score (nSPS) is 14.1. The molecule has 21 heavy (non-hydrogen) atoms. The summed E-state index contributed by atoms with van der Waals surface area (Å²) in [6.07, 6.45) is 1.98. The van der Waals surface area contributed by atoms with Crippen LogP contribution in [0.15, 0.2) is 24.3 Å². The Bertz CT molecular complexity index is 570. The molecule has 2 atom stereocenters. The van der Waals surface area contributed by atoms with E-state index in [1.54, 1.807) is 31.2 Å². The van der Waals surface area contributed by atoms with E-state index in [9.17, 15) is 13.2 Å². The fourth-order valence-corrected chi connectivity index (χ4v) is 2.20. The van der Waals surface area contributed by atoms with Crippen LogP contribution in [0.4, 0.5) is 11.4 Å². The molecule has 1 aromatic carbocycles. The SMILES string of the molecule is CCC(C)NC(=O)C(C)Nc1ccc(NS(C)(=O)=O)cc1. The number of hydrogen-bond acceptors (Lipinski definition) is 4. The van der Waals surface area contributed by atoms with Gasteiger partial charge < -0.3 is 10.6 Å². The minimum absolute atomic E-state index is 0.0670. The molecule has 0 aliphatic rings. The molecule has 7 heteroatoms. The molecule has 0 heterocycles. The van der Waals surface area contributed by atoms with E-state index in [1.807, 2.05) is 13.8 Å². The molecular weight excluding hydrogens is 290 g/mol. The molecule has 1 aromatic rings. The van der Waals surface area contributed by atoms with Crippen molar-refractivity contribution in [3.05, 3.63) is 24.3 Å². The molecule has 0 radical (unpaired) electrons. The van der Waals surface area contributed by atoms with E-state index in [-0.39, 0.29) is 18.0 Å². The molecule has 6 nitrogen and oxygen atoms in total. The van der Waals surface area contributed by atoms with Crippen LogP contribution in [0.5, 0.6) is 0 Å². The average molecular weight is 313 g/mol. The highest BCUT2D eigenvalue weighted by atomic mass is 32.2. The molecule has 0 aromatic heterocycles. The summed E-state index contributed by atoms with van der Waals surface area (Å²) in [4.78, 5) is 11.9. The molecule has 0 spiro atoms. The van der Waals surface area contributed by atoms with Crippen LogP contribution in [0, 0.1) is 0 Å². The second-order valence-electron chi connectivity index (χ2n) is 5.14. The lowest BCUT2D eigenvalue weighted by molar-refractivity contribution is -0.122. The molecule has 2 unspecified atom stereocenters. The third kappa shape index (κ3) is 6.48. The van der Waals surface area contributed by atoms with Gasteiger partial charge in [0.15, 0.2) is 0 Å². The highest BCUT2D eigenvalue weighted by Gasteiger charge is 2.14. The van der Waals surface area contributed by atoms with Crippen molar-refractivity contribution in [2.75, 3.05) is 16.3 Å². The summed E-state index contributed by atoms with van der Waals surface area (Å²) in [6.45, 7) is 5.74. The number of sulfonamides is 1. The smallest absolute Gasteiger partial charge is 0.242 e. The number of amides is 1. The number of anilines is 2. The minimum Gasteiger partial charge on any atom is -0.374 e. The summed E-state index contributed by atoms with van der Waals surface area (Å²) < 4.78 is 24.6. The van der Waals surface area contributed by atoms with E-state index in [4.69, 9.17) is 0 Å². The lowest BCUT2D eigenvalue weighted by Crippen LogP contribution is -2.41. The topological polar surface area (TPSA) is 87.3 Å². The Kier molecular flexibility index (Phi) is 6.02. The summed E-state index contributed by atoms with van der Waals surface area (Å²) in [5.74, 6) is -0.0670. The third-order valence-corrected chi connectivity index (χ3v) is 3.57. The van der Waals surface area contributed by atoms with Gasteiger partial charge in [-0.25, -0.2) is 8.42 Å². The Morgan fingerprint density at radius 3 is 2.14 bits per heavy atom. The van der Waals surface area contributed by atoms with E-state index in [0.717, 1.165) is 18.4 Å². The Labute approximate surface area is 126 Å². The Morgan fingerprint density at radius 1 is 1.14 bits per heavy atom. The van der Waals surface area contributed by atoms with Gasteiger partial charge in [-0.1, -0.05) is 6.92 Å². The van der Waals surface area contributed by atoms with E-state index >= 15 is 0 Å². The zero-order valence-electron chi connectivity index (χ0n) is 12.8. The monoisotopic (exact) mass is 313 g/mol. The number of hydrogen-bond donors (Lipinski definition) is 3. The molecule has 1 rings (SSSR count). The van der Waals surface area contributed by atoms with Gasteiger partial charge in [0, 0.05) is 17.4 Å². The molecule has 0 saturated heterocycles. The van der Waals surface area contributed by atoms with Crippen LogP contribution in [-0.4, -0.2) is 32.7 Å². The quantitative estimate of drug-likeness (QED) is 0.716. The zero-order valence-corrected chi connectivity index (χ0v) is 13.6. The van der Waals surface area contributed by atoms with E-state index in [2.05, 4.69) is 15.4 Å². The first-order chi connectivity index (χ1) is 9.71. The lowest BCUT2D eigenvalue weighted by Gasteiger charge is -2.18. The standard InChI is InChI=1S/C14H23N3O3S/c1-5-10(2)15-14(18)11(3)16-12-6-8-13(9-7-12)17-21(4,19)20/h6-11,16-17H,5H2,1-4H3,(H,15,18). The molecule has 3 N–H and O–H groups in total. The number of carbonyl (C=O) groups excluding carboxylic acids is 1. The van der Waals surface area contributed by atoms with Crippen molar-refractivity contribution in [3.63, 3.8) is 0 Å². The van der Waals surface area contributed by atoms with Crippen LogP contribution in [0.1, 0.15) is 27.2 Å². The Hall–Kier alpha value is -1.76. The second kappa shape index (κ2) is 7.31. The highest BCUT2D eigenvalue weighted by molar-refractivity contribution is 7.92. The predicted molar refractivity (Wildman–Crippen MR) is 85.9 cm³/mol. The van der Waals surface area contributed by atoms with Gasteiger partial charge in [-0.05, 0) is 44.5 Å². The van der Waals surface area contributed by atoms with Crippen LogP contribution < -0.4 is 15.4 Å². The average Bonchev–Trinajstić information content (AvgIpc) is 2.39. The molecule has 0 bridgehead atoms. The lowest BCUT2D eigenvalue weighted by atomic mass is 10.2. The number of rotatable bonds is 7. The van der Waals surface area contributed by atoms with Crippen LogP contribution in [0.25, 0.3) is 0 Å². The third-order valence-electron chi connectivity index (χ3n) is 2.97. The van der Waals surface area contributed by atoms with Crippen LogP contribution in [0.3, 0.4) is 0 Å².